The predicted octanol–water partition coefficient (Wildman–Crippen LogP) is 5.40. The molecular formula is C21H21ClN6O2. The molecule has 0 aliphatic rings. The highest BCUT2D eigenvalue weighted by Gasteiger charge is 2.14. The Morgan fingerprint density at radius 2 is 2.07 bits per heavy atom. The molecule has 0 fully saturated rings. The number of urea groups is 1. The highest BCUT2D eigenvalue weighted by molar-refractivity contribution is 6.31. The topological polar surface area (TPSA) is 104 Å². The minimum Gasteiger partial charge on any atom is -0.488 e. The van der Waals surface area contributed by atoms with Gasteiger partial charge in [-0.1, -0.05) is 22.9 Å². The Kier molecular flexibility index (Phi) is 6.58. The number of ether oxygens (including phenoxy) is 1. The Labute approximate surface area is 179 Å². The summed E-state index contributed by atoms with van der Waals surface area (Å²) in [6.07, 6.45) is 1.73. The summed E-state index contributed by atoms with van der Waals surface area (Å²) in [7, 11) is 1.38. The van der Waals surface area contributed by atoms with Crippen molar-refractivity contribution in [3.63, 3.8) is 0 Å². The highest BCUT2D eigenvalue weighted by atomic mass is 35.5. The number of rotatable bonds is 6. The minimum absolute atomic E-state index is 0.151. The van der Waals surface area contributed by atoms with E-state index in [0.29, 0.717) is 27.8 Å². The van der Waals surface area contributed by atoms with E-state index in [0.717, 1.165) is 21.8 Å². The predicted molar refractivity (Wildman–Crippen MR) is 115 cm³/mol. The van der Waals surface area contributed by atoms with Gasteiger partial charge in [0.2, 0.25) is 0 Å². The normalized spacial score (nSPS) is 10.4. The van der Waals surface area contributed by atoms with Gasteiger partial charge in [-0.05, 0) is 55.8 Å². The number of amides is 2. The SMILES string of the molecule is Cc1ccnc(-c2ccc(OCc3c(Cl)cccc3NC(=O)N(C)N=N)c(C)c2)n1. The second kappa shape index (κ2) is 9.32. The van der Waals surface area contributed by atoms with Gasteiger partial charge >= 0.3 is 6.03 Å². The Bertz CT molecular complexity index is 1090. The van der Waals surface area contributed by atoms with Gasteiger partial charge in [-0.2, -0.15) is 10.5 Å². The largest absolute Gasteiger partial charge is 0.488 e. The van der Waals surface area contributed by atoms with Crippen molar-refractivity contribution < 1.29 is 9.53 Å². The first-order valence-corrected chi connectivity index (χ1v) is 9.49. The second-order valence-electron chi connectivity index (χ2n) is 6.61. The fourth-order valence-electron chi connectivity index (χ4n) is 2.75. The molecule has 9 heteroatoms. The molecule has 2 N–H and O–H groups in total. The molecule has 0 saturated carbocycles. The molecule has 0 spiro atoms. The zero-order valence-corrected chi connectivity index (χ0v) is 17.6. The molecule has 0 saturated heterocycles. The lowest BCUT2D eigenvalue weighted by atomic mass is 10.1. The van der Waals surface area contributed by atoms with Crippen molar-refractivity contribution >= 4 is 23.3 Å². The summed E-state index contributed by atoms with van der Waals surface area (Å²) in [6.45, 7) is 4.01. The van der Waals surface area contributed by atoms with Gasteiger partial charge in [0.25, 0.3) is 0 Å². The van der Waals surface area contributed by atoms with E-state index >= 15 is 0 Å². The molecule has 2 aromatic carbocycles. The monoisotopic (exact) mass is 424 g/mol. The quantitative estimate of drug-likeness (QED) is 0.408. The number of anilines is 1. The van der Waals surface area contributed by atoms with E-state index in [1.165, 1.54) is 7.05 Å². The van der Waals surface area contributed by atoms with Crippen molar-refractivity contribution in [3.05, 3.63) is 70.5 Å². The van der Waals surface area contributed by atoms with E-state index in [2.05, 4.69) is 20.5 Å². The summed E-state index contributed by atoms with van der Waals surface area (Å²) in [5.41, 5.74) is 10.8. The first-order valence-electron chi connectivity index (χ1n) is 9.12. The maximum Gasteiger partial charge on any atom is 0.343 e. The fraction of sp³-hybridized carbons (Fsp3) is 0.190. The van der Waals surface area contributed by atoms with Crippen LogP contribution in [0.1, 0.15) is 16.8 Å². The Morgan fingerprint density at radius 1 is 1.27 bits per heavy atom. The van der Waals surface area contributed by atoms with Crippen LogP contribution in [0.2, 0.25) is 5.02 Å². The zero-order chi connectivity index (χ0) is 21.7. The van der Waals surface area contributed by atoms with Crippen molar-refractivity contribution in [2.45, 2.75) is 20.5 Å². The van der Waals surface area contributed by atoms with Crippen molar-refractivity contribution in [1.82, 2.24) is 15.0 Å². The molecule has 2 amide bonds. The summed E-state index contributed by atoms with van der Waals surface area (Å²) in [5, 5.41) is 7.09. The number of halogens is 1. The van der Waals surface area contributed by atoms with Crippen LogP contribution in [0.5, 0.6) is 5.75 Å². The van der Waals surface area contributed by atoms with Crippen molar-refractivity contribution in [1.29, 1.82) is 5.53 Å². The first kappa shape index (κ1) is 21.2. The average molecular weight is 425 g/mol. The Morgan fingerprint density at radius 3 is 2.77 bits per heavy atom. The Balaban J connectivity index is 1.79. The van der Waals surface area contributed by atoms with E-state index in [-0.39, 0.29) is 6.61 Å². The van der Waals surface area contributed by atoms with Crippen molar-refractivity contribution in [2.24, 2.45) is 5.22 Å². The summed E-state index contributed by atoms with van der Waals surface area (Å²) in [6, 6.07) is 12.2. The van der Waals surface area contributed by atoms with Crippen molar-refractivity contribution in [3.8, 4) is 17.1 Å². The molecule has 30 heavy (non-hydrogen) atoms. The first-order chi connectivity index (χ1) is 14.4. The van der Waals surface area contributed by atoms with Gasteiger partial charge in [-0.15, -0.1) is 0 Å². The van der Waals surface area contributed by atoms with Crippen LogP contribution in [0.15, 0.2) is 53.9 Å². The molecule has 3 rings (SSSR count). The number of nitrogens with one attached hydrogen (secondary N) is 2. The zero-order valence-electron chi connectivity index (χ0n) is 16.8. The number of nitrogens with zero attached hydrogens (tertiary/aromatic N) is 4. The maximum atomic E-state index is 12.0. The van der Waals surface area contributed by atoms with E-state index in [4.69, 9.17) is 21.9 Å². The van der Waals surface area contributed by atoms with Gasteiger partial charge in [-0.25, -0.2) is 14.8 Å². The van der Waals surface area contributed by atoms with Crippen LogP contribution in [0, 0.1) is 19.4 Å². The Hall–Kier alpha value is -3.52. The number of hydrogen-bond donors (Lipinski definition) is 2. The number of carbonyl (C=O) groups excluding carboxylic acids is 1. The van der Waals surface area contributed by atoms with E-state index in [1.807, 2.05) is 38.1 Å². The van der Waals surface area contributed by atoms with Gasteiger partial charge < -0.3 is 10.1 Å². The number of aryl methyl sites for hydroxylation is 2. The molecule has 0 unspecified atom stereocenters. The highest BCUT2D eigenvalue weighted by Crippen LogP contribution is 2.29. The summed E-state index contributed by atoms with van der Waals surface area (Å²) in [5.74, 6) is 1.34. The van der Waals surface area contributed by atoms with E-state index in [1.54, 1.807) is 24.4 Å². The minimum atomic E-state index is -0.549. The number of hydrogen-bond acceptors (Lipinski definition) is 6. The van der Waals surface area contributed by atoms with Crippen LogP contribution in [0.4, 0.5) is 10.5 Å². The molecule has 0 bridgehead atoms. The van der Waals surface area contributed by atoms with Gasteiger partial charge in [0.15, 0.2) is 5.82 Å². The van der Waals surface area contributed by atoms with Crippen LogP contribution < -0.4 is 10.1 Å². The molecule has 0 aliphatic heterocycles. The number of benzene rings is 2. The van der Waals surface area contributed by atoms with E-state index < -0.39 is 6.03 Å². The molecular weight excluding hydrogens is 404 g/mol. The van der Waals surface area contributed by atoms with Gasteiger partial charge in [0.05, 0.1) is 5.69 Å². The molecule has 1 aromatic heterocycles. The lowest BCUT2D eigenvalue weighted by molar-refractivity contribution is 0.220. The maximum absolute atomic E-state index is 12.0. The molecule has 8 nitrogen and oxygen atoms in total. The summed E-state index contributed by atoms with van der Waals surface area (Å²) < 4.78 is 5.98. The third-order valence-electron chi connectivity index (χ3n) is 4.40. The van der Waals surface area contributed by atoms with Crippen LogP contribution in [-0.4, -0.2) is 28.1 Å². The van der Waals surface area contributed by atoms with Gasteiger partial charge in [0, 0.05) is 35.1 Å². The number of aromatic nitrogens is 2. The third-order valence-corrected chi connectivity index (χ3v) is 4.76. The summed E-state index contributed by atoms with van der Waals surface area (Å²) in [4.78, 5) is 20.8. The fourth-order valence-corrected chi connectivity index (χ4v) is 2.98. The lowest BCUT2D eigenvalue weighted by Crippen LogP contribution is -2.26. The van der Waals surface area contributed by atoms with Gasteiger partial charge in [0.1, 0.15) is 12.4 Å². The standard InChI is InChI=1S/C21H21ClN6O2/c1-13-11-15(20-24-10-9-14(2)25-20)7-8-19(13)30-12-16-17(22)5-4-6-18(16)26-21(29)28(3)27-23/h4-11,23H,12H2,1-3H3,(H,26,29). The molecule has 0 atom stereocenters. The van der Waals surface area contributed by atoms with Crippen molar-refractivity contribution in [2.75, 3.05) is 12.4 Å². The second-order valence-corrected chi connectivity index (χ2v) is 7.02. The van der Waals surface area contributed by atoms with E-state index in [9.17, 15) is 4.79 Å². The number of carbonyl (C=O) groups is 1. The average Bonchev–Trinajstić information content (AvgIpc) is 2.73. The molecule has 0 radical (unpaired) electrons. The molecule has 154 valence electrons. The van der Waals surface area contributed by atoms with Crippen LogP contribution >= 0.6 is 11.6 Å². The molecule has 1 heterocycles. The van der Waals surface area contributed by atoms with Crippen LogP contribution in [0.25, 0.3) is 11.4 Å². The van der Waals surface area contributed by atoms with Gasteiger partial charge in [-0.3, -0.25) is 0 Å². The third kappa shape index (κ3) is 4.90. The lowest BCUT2D eigenvalue weighted by Gasteiger charge is -2.16. The van der Waals surface area contributed by atoms with Crippen LogP contribution in [-0.2, 0) is 6.61 Å². The molecule has 0 aliphatic carbocycles. The summed E-state index contributed by atoms with van der Waals surface area (Å²) >= 11 is 6.33. The molecule has 3 aromatic rings. The van der Waals surface area contributed by atoms with Crippen LogP contribution in [0.3, 0.4) is 0 Å². The smallest absolute Gasteiger partial charge is 0.343 e.